The maximum atomic E-state index is 13.1. The van der Waals surface area contributed by atoms with Gasteiger partial charge in [0.1, 0.15) is 24.2 Å². The van der Waals surface area contributed by atoms with Gasteiger partial charge in [-0.3, -0.25) is 4.79 Å². The predicted octanol–water partition coefficient (Wildman–Crippen LogP) is 4.51. The van der Waals surface area contributed by atoms with Crippen molar-refractivity contribution in [2.75, 3.05) is 38.1 Å². The first-order valence-corrected chi connectivity index (χ1v) is 15.9. The highest BCUT2D eigenvalue weighted by atomic mass is 32.2. The summed E-state index contributed by atoms with van der Waals surface area (Å²) in [6, 6.07) is 12.8. The third kappa shape index (κ3) is 10.7. The molecule has 40 heavy (non-hydrogen) atoms. The second kappa shape index (κ2) is 16.6. The molecule has 10 heteroatoms. The smallest absolute Gasteiger partial charge is 0.243 e. The van der Waals surface area contributed by atoms with Crippen LogP contribution in [0.4, 0.5) is 5.69 Å². The van der Waals surface area contributed by atoms with Crippen molar-refractivity contribution in [3.63, 3.8) is 0 Å². The summed E-state index contributed by atoms with van der Waals surface area (Å²) < 4.78 is 33.3. The molecule has 2 aromatic rings. The molecule has 1 aliphatic rings. The van der Waals surface area contributed by atoms with Crippen molar-refractivity contribution >= 4 is 21.6 Å². The summed E-state index contributed by atoms with van der Waals surface area (Å²) in [4.78, 5) is 12.4. The van der Waals surface area contributed by atoms with E-state index in [2.05, 4.69) is 17.6 Å². The van der Waals surface area contributed by atoms with E-state index in [9.17, 15) is 23.4 Å². The summed E-state index contributed by atoms with van der Waals surface area (Å²) in [6.45, 7) is 4.27. The Kier molecular flexibility index (Phi) is 13.2. The Labute approximate surface area is 239 Å². The normalized spacial score (nSPS) is 15.6. The Morgan fingerprint density at radius 3 is 2.33 bits per heavy atom. The highest BCUT2D eigenvalue weighted by molar-refractivity contribution is 7.89. The summed E-state index contributed by atoms with van der Waals surface area (Å²) >= 11 is 0. The third-order valence-electron chi connectivity index (χ3n) is 7.20. The molecule has 222 valence electrons. The molecule has 1 aliphatic heterocycles. The van der Waals surface area contributed by atoms with E-state index in [-0.39, 0.29) is 23.2 Å². The van der Waals surface area contributed by atoms with Crippen molar-refractivity contribution < 1.29 is 28.2 Å². The van der Waals surface area contributed by atoms with Crippen molar-refractivity contribution in [2.45, 2.75) is 75.7 Å². The van der Waals surface area contributed by atoms with Crippen molar-refractivity contribution in [2.24, 2.45) is 5.92 Å². The first-order valence-electron chi connectivity index (χ1n) is 14.5. The van der Waals surface area contributed by atoms with Gasteiger partial charge >= 0.3 is 0 Å². The number of nitrogens with zero attached hydrogens (tertiary/aromatic N) is 1. The molecular formula is C30H45N3O6S. The summed E-state index contributed by atoms with van der Waals surface area (Å²) in [5, 5.41) is 25.6. The molecule has 0 bridgehead atoms. The molecule has 0 unspecified atom stereocenters. The van der Waals surface area contributed by atoms with Crippen LogP contribution in [0.25, 0.3) is 0 Å². The van der Waals surface area contributed by atoms with Gasteiger partial charge in [-0.25, -0.2) is 8.42 Å². The molecule has 1 saturated heterocycles. The van der Waals surface area contributed by atoms with Gasteiger partial charge in [0.05, 0.1) is 4.90 Å². The Bertz CT molecular complexity index is 1120. The lowest BCUT2D eigenvalue weighted by Crippen LogP contribution is -2.42. The number of ether oxygens (including phenoxy) is 1. The van der Waals surface area contributed by atoms with Crippen molar-refractivity contribution in [3.05, 3.63) is 48.5 Å². The number of unbranched alkanes of at least 4 members (excludes halogenated alkanes) is 5. The number of anilines is 1. The molecule has 0 aliphatic carbocycles. The Balaban J connectivity index is 1.34. The van der Waals surface area contributed by atoms with E-state index < -0.39 is 16.1 Å². The number of hydrogen-bond donors (Lipinski definition) is 4. The van der Waals surface area contributed by atoms with E-state index in [0.29, 0.717) is 50.0 Å². The predicted molar refractivity (Wildman–Crippen MR) is 157 cm³/mol. The highest BCUT2D eigenvalue weighted by Crippen LogP contribution is 2.25. The number of carbonyl (C=O) groups is 1. The van der Waals surface area contributed by atoms with Crippen molar-refractivity contribution in [1.29, 1.82) is 0 Å². The van der Waals surface area contributed by atoms with Gasteiger partial charge in [0.25, 0.3) is 0 Å². The SMILES string of the molecule is CCCCCCCCC(=O)Nc1ccc(S(=O)(=O)N2CCC(CNC[C@H](O)COc3ccc(O)cc3)CC2)cc1. The number of nitrogens with one attached hydrogen (secondary N) is 2. The lowest BCUT2D eigenvalue weighted by molar-refractivity contribution is -0.116. The van der Waals surface area contributed by atoms with Crippen molar-refractivity contribution in [3.8, 4) is 11.5 Å². The zero-order chi connectivity index (χ0) is 28.8. The molecule has 0 saturated carbocycles. The number of phenolic OH excluding ortho intramolecular Hbond substituents is 1. The number of piperidine rings is 1. The minimum Gasteiger partial charge on any atom is -0.508 e. The van der Waals surface area contributed by atoms with E-state index in [4.69, 9.17) is 4.74 Å². The van der Waals surface area contributed by atoms with Crippen molar-refractivity contribution in [1.82, 2.24) is 9.62 Å². The summed E-state index contributed by atoms with van der Waals surface area (Å²) in [6.07, 6.45) is 7.99. The van der Waals surface area contributed by atoms with Gasteiger partial charge in [0.2, 0.25) is 15.9 Å². The second-order valence-corrected chi connectivity index (χ2v) is 12.5. The van der Waals surface area contributed by atoms with Gasteiger partial charge in [-0.1, -0.05) is 39.0 Å². The first-order chi connectivity index (χ1) is 19.3. The number of phenols is 1. The van der Waals surface area contributed by atoms with Gasteiger partial charge in [0.15, 0.2) is 0 Å². The largest absolute Gasteiger partial charge is 0.508 e. The minimum absolute atomic E-state index is 0.0424. The van der Waals surface area contributed by atoms with Crippen LogP contribution in [-0.2, 0) is 14.8 Å². The second-order valence-electron chi connectivity index (χ2n) is 10.6. The van der Waals surface area contributed by atoms with E-state index in [1.165, 1.54) is 35.7 Å². The third-order valence-corrected chi connectivity index (χ3v) is 9.11. The number of amides is 1. The highest BCUT2D eigenvalue weighted by Gasteiger charge is 2.29. The van der Waals surface area contributed by atoms with E-state index in [0.717, 1.165) is 32.1 Å². The lowest BCUT2D eigenvalue weighted by atomic mass is 9.98. The topological polar surface area (TPSA) is 128 Å². The Hall–Kier alpha value is -2.66. The molecule has 2 aromatic carbocycles. The number of rotatable bonds is 17. The van der Waals surface area contributed by atoms with Crippen LogP contribution < -0.4 is 15.4 Å². The minimum atomic E-state index is -3.60. The van der Waals surface area contributed by atoms with Crippen LogP contribution in [0.15, 0.2) is 53.4 Å². The molecule has 0 radical (unpaired) electrons. The van der Waals surface area contributed by atoms with E-state index >= 15 is 0 Å². The molecule has 4 N–H and O–H groups in total. The van der Waals surface area contributed by atoms with Crippen LogP contribution in [0.2, 0.25) is 0 Å². The molecule has 1 amide bonds. The molecule has 1 atom stereocenters. The molecule has 1 fully saturated rings. The summed E-state index contributed by atoms with van der Waals surface area (Å²) in [5.41, 5.74) is 0.607. The Morgan fingerprint density at radius 1 is 1.00 bits per heavy atom. The van der Waals surface area contributed by atoms with E-state index in [1.807, 2.05) is 0 Å². The molecule has 3 rings (SSSR count). The van der Waals surface area contributed by atoms with Gasteiger partial charge in [-0.15, -0.1) is 0 Å². The van der Waals surface area contributed by atoms with Crippen LogP contribution in [0.5, 0.6) is 11.5 Å². The summed E-state index contributed by atoms with van der Waals surface area (Å²) in [7, 11) is -3.60. The number of hydrogen-bond acceptors (Lipinski definition) is 7. The number of aliphatic hydroxyl groups is 1. The van der Waals surface area contributed by atoms with Gasteiger partial charge in [-0.05, 0) is 80.3 Å². The monoisotopic (exact) mass is 575 g/mol. The van der Waals surface area contributed by atoms with E-state index in [1.54, 1.807) is 36.4 Å². The number of benzene rings is 2. The molecule has 0 aromatic heterocycles. The zero-order valence-corrected chi connectivity index (χ0v) is 24.4. The van der Waals surface area contributed by atoms with Gasteiger partial charge < -0.3 is 25.6 Å². The zero-order valence-electron chi connectivity index (χ0n) is 23.6. The van der Waals surface area contributed by atoms with Crippen LogP contribution in [-0.4, -0.2) is 67.7 Å². The van der Waals surface area contributed by atoms with Gasteiger partial charge in [-0.2, -0.15) is 4.31 Å². The Morgan fingerprint density at radius 2 is 1.65 bits per heavy atom. The average molecular weight is 576 g/mol. The quantitative estimate of drug-likeness (QED) is 0.204. The van der Waals surface area contributed by atoms with Crippen LogP contribution in [0, 0.1) is 5.92 Å². The van der Waals surface area contributed by atoms with Crippen LogP contribution >= 0.6 is 0 Å². The number of aromatic hydroxyl groups is 1. The average Bonchev–Trinajstić information content (AvgIpc) is 2.95. The number of aliphatic hydroxyl groups excluding tert-OH is 1. The molecular weight excluding hydrogens is 530 g/mol. The molecule has 9 nitrogen and oxygen atoms in total. The fourth-order valence-corrected chi connectivity index (χ4v) is 6.22. The fourth-order valence-electron chi connectivity index (χ4n) is 4.75. The fraction of sp³-hybridized carbons (Fsp3) is 0.567. The summed E-state index contributed by atoms with van der Waals surface area (Å²) in [5.74, 6) is 1.01. The maximum Gasteiger partial charge on any atom is 0.243 e. The first kappa shape index (κ1) is 31.9. The number of sulfonamides is 1. The maximum absolute atomic E-state index is 13.1. The number of carbonyl (C=O) groups excluding carboxylic acids is 1. The standard InChI is InChI=1S/C30H45N3O6S/c1-2-3-4-5-6-7-8-30(36)32-25-9-15-29(16-10-25)40(37,38)33-19-17-24(18-20-33)21-31-22-27(35)23-39-28-13-11-26(34)12-14-28/h9-16,24,27,31,34-35H,2-8,17-23H2,1H3,(H,32,36)/t27-/m0/s1. The van der Waals surface area contributed by atoms with Crippen LogP contribution in [0.3, 0.4) is 0 Å². The lowest BCUT2D eigenvalue weighted by Gasteiger charge is -2.31. The van der Waals surface area contributed by atoms with Gasteiger partial charge in [0, 0.05) is 31.7 Å². The van der Waals surface area contributed by atoms with Crippen LogP contribution in [0.1, 0.15) is 64.7 Å². The molecule has 1 heterocycles. The molecule has 0 spiro atoms.